The lowest BCUT2D eigenvalue weighted by Gasteiger charge is -2.10. The summed E-state index contributed by atoms with van der Waals surface area (Å²) in [7, 11) is 0. The monoisotopic (exact) mass is 440 g/mol. The first-order chi connectivity index (χ1) is 14.5. The summed E-state index contributed by atoms with van der Waals surface area (Å²) in [6.07, 6.45) is 1.95. The Morgan fingerprint density at radius 2 is 1.73 bits per heavy atom. The quantitative estimate of drug-likeness (QED) is 0.492. The first kappa shape index (κ1) is 20.2. The van der Waals surface area contributed by atoms with Crippen molar-refractivity contribution < 1.29 is 4.79 Å². The van der Waals surface area contributed by atoms with Gasteiger partial charge >= 0.3 is 0 Å². The smallest absolute Gasteiger partial charge is 0.267 e. The van der Waals surface area contributed by atoms with E-state index in [9.17, 15) is 9.59 Å². The molecule has 6 nitrogen and oxygen atoms in total. The van der Waals surface area contributed by atoms with Gasteiger partial charge in [-0.15, -0.1) is 0 Å². The van der Waals surface area contributed by atoms with Gasteiger partial charge in [0.05, 0.1) is 5.69 Å². The summed E-state index contributed by atoms with van der Waals surface area (Å²) in [6, 6.07) is 17.8. The third kappa shape index (κ3) is 4.56. The number of fused-ring (bicyclic) bond motifs is 1. The van der Waals surface area contributed by atoms with E-state index < -0.39 is 0 Å². The van der Waals surface area contributed by atoms with Crippen LogP contribution in [0.15, 0.2) is 71.7 Å². The van der Waals surface area contributed by atoms with Gasteiger partial charge in [0.25, 0.3) is 5.56 Å². The van der Waals surface area contributed by atoms with Gasteiger partial charge in [-0.1, -0.05) is 41.4 Å². The Bertz CT molecular complexity index is 1260. The molecule has 0 atom stereocenters. The summed E-state index contributed by atoms with van der Waals surface area (Å²) >= 11 is 12.0. The van der Waals surface area contributed by atoms with Crippen molar-refractivity contribution in [1.82, 2.24) is 19.7 Å². The molecule has 0 unspecified atom stereocenters. The van der Waals surface area contributed by atoms with E-state index in [4.69, 9.17) is 23.2 Å². The van der Waals surface area contributed by atoms with E-state index in [0.29, 0.717) is 28.8 Å². The molecule has 1 amide bonds. The summed E-state index contributed by atoms with van der Waals surface area (Å²) < 4.78 is 3.18. The van der Waals surface area contributed by atoms with Crippen LogP contribution in [0.1, 0.15) is 0 Å². The third-order valence-corrected chi connectivity index (χ3v) is 5.20. The van der Waals surface area contributed by atoms with Crippen molar-refractivity contribution >= 4 is 40.0 Å². The van der Waals surface area contributed by atoms with Crippen molar-refractivity contribution in [3.63, 3.8) is 0 Å². The molecule has 0 aliphatic carbocycles. The molecule has 2 aromatic heterocycles. The van der Waals surface area contributed by atoms with Crippen LogP contribution >= 0.6 is 23.2 Å². The maximum atomic E-state index is 12.3. The van der Waals surface area contributed by atoms with Crippen molar-refractivity contribution in [3.05, 3.63) is 87.3 Å². The Morgan fingerprint density at radius 3 is 2.53 bits per heavy atom. The fraction of sp³-hybridized carbons (Fsp3) is 0.136. The van der Waals surface area contributed by atoms with Gasteiger partial charge in [0, 0.05) is 46.5 Å². The predicted molar refractivity (Wildman–Crippen MR) is 119 cm³/mol. The number of halogens is 2. The van der Waals surface area contributed by atoms with E-state index in [2.05, 4.69) is 10.4 Å². The predicted octanol–water partition coefficient (Wildman–Crippen LogP) is 3.99. The third-order valence-electron chi connectivity index (χ3n) is 4.71. The van der Waals surface area contributed by atoms with Crippen LogP contribution in [0.25, 0.3) is 22.2 Å². The molecule has 0 radical (unpaired) electrons. The lowest BCUT2D eigenvalue weighted by atomic mass is 10.1. The van der Waals surface area contributed by atoms with Crippen molar-refractivity contribution in [1.29, 1.82) is 0 Å². The highest BCUT2D eigenvalue weighted by Crippen LogP contribution is 2.20. The second-order valence-electron chi connectivity index (χ2n) is 6.78. The van der Waals surface area contributed by atoms with E-state index in [1.807, 2.05) is 47.2 Å². The minimum absolute atomic E-state index is 0.154. The topological polar surface area (TPSA) is 68.9 Å². The summed E-state index contributed by atoms with van der Waals surface area (Å²) in [5.41, 5.74) is 2.07. The van der Waals surface area contributed by atoms with Gasteiger partial charge in [0.2, 0.25) is 5.91 Å². The number of hydrogen-bond donors (Lipinski definition) is 1. The fourth-order valence-corrected chi connectivity index (χ4v) is 3.49. The molecule has 30 heavy (non-hydrogen) atoms. The van der Waals surface area contributed by atoms with Crippen molar-refractivity contribution in [3.8, 4) is 11.3 Å². The molecular weight excluding hydrogens is 423 g/mol. The Balaban J connectivity index is 1.40. The number of carbonyl (C=O) groups excluding carboxylic acids is 1. The highest BCUT2D eigenvalue weighted by molar-refractivity contribution is 6.31. The maximum Gasteiger partial charge on any atom is 0.267 e. The van der Waals surface area contributed by atoms with Gasteiger partial charge in [0.1, 0.15) is 6.54 Å². The lowest BCUT2D eigenvalue weighted by Crippen LogP contribution is -2.35. The minimum Gasteiger partial charge on any atom is -0.353 e. The second kappa shape index (κ2) is 8.73. The molecule has 2 aromatic carbocycles. The molecular formula is C22H18Cl2N4O2. The highest BCUT2D eigenvalue weighted by atomic mass is 35.5. The summed E-state index contributed by atoms with van der Waals surface area (Å²) in [4.78, 5) is 24.5. The van der Waals surface area contributed by atoms with E-state index in [1.165, 1.54) is 6.07 Å². The largest absolute Gasteiger partial charge is 0.353 e. The molecule has 0 spiro atoms. The van der Waals surface area contributed by atoms with Gasteiger partial charge < -0.3 is 9.88 Å². The molecule has 1 N–H and O–H groups in total. The molecule has 2 heterocycles. The molecule has 0 fully saturated rings. The number of rotatable bonds is 6. The van der Waals surface area contributed by atoms with E-state index in [0.717, 1.165) is 21.1 Å². The SMILES string of the molecule is O=C(Cn1nc(-c2ccc(Cl)cc2)ccc1=O)NCCn1ccc2ccc(Cl)cc21. The summed E-state index contributed by atoms with van der Waals surface area (Å²) in [5, 5.41) is 9.50. The van der Waals surface area contributed by atoms with Crippen LogP contribution in [0.3, 0.4) is 0 Å². The van der Waals surface area contributed by atoms with Crippen LogP contribution in [0.4, 0.5) is 0 Å². The molecule has 152 valence electrons. The van der Waals surface area contributed by atoms with Crippen LogP contribution in [0, 0.1) is 0 Å². The molecule has 0 bridgehead atoms. The second-order valence-corrected chi connectivity index (χ2v) is 7.66. The summed E-state index contributed by atoms with van der Waals surface area (Å²) in [6.45, 7) is 0.849. The van der Waals surface area contributed by atoms with Crippen LogP contribution in [0.2, 0.25) is 10.0 Å². The first-order valence-corrected chi connectivity index (χ1v) is 10.1. The van der Waals surface area contributed by atoms with Crippen LogP contribution in [0.5, 0.6) is 0 Å². The first-order valence-electron chi connectivity index (χ1n) is 9.35. The normalized spacial score (nSPS) is 11.0. The average molecular weight is 441 g/mol. The number of nitrogens with zero attached hydrogens (tertiary/aromatic N) is 3. The standard InChI is InChI=1S/C22H18Cl2N4O2/c23-17-4-1-15(2-5-17)19-7-8-22(30)28(26-19)14-21(29)25-10-12-27-11-9-16-3-6-18(24)13-20(16)27/h1-9,11,13H,10,12,14H2,(H,25,29). The fourth-order valence-electron chi connectivity index (χ4n) is 3.20. The lowest BCUT2D eigenvalue weighted by molar-refractivity contribution is -0.121. The van der Waals surface area contributed by atoms with E-state index in [1.54, 1.807) is 18.2 Å². The molecule has 0 aliphatic rings. The van der Waals surface area contributed by atoms with Gasteiger partial charge in [0.15, 0.2) is 0 Å². The molecule has 0 saturated heterocycles. The van der Waals surface area contributed by atoms with Crippen molar-refractivity contribution in [2.45, 2.75) is 13.1 Å². The highest BCUT2D eigenvalue weighted by Gasteiger charge is 2.09. The number of amides is 1. The molecule has 0 saturated carbocycles. The number of benzene rings is 2. The van der Waals surface area contributed by atoms with E-state index >= 15 is 0 Å². The van der Waals surface area contributed by atoms with Gasteiger partial charge in [-0.3, -0.25) is 9.59 Å². The van der Waals surface area contributed by atoms with Gasteiger partial charge in [-0.05, 0) is 41.8 Å². The zero-order chi connectivity index (χ0) is 21.1. The van der Waals surface area contributed by atoms with Crippen LogP contribution in [-0.4, -0.2) is 26.8 Å². The van der Waals surface area contributed by atoms with Gasteiger partial charge in [-0.25, -0.2) is 4.68 Å². The number of nitrogens with one attached hydrogen (secondary N) is 1. The molecule has 0 aliphatic heterocycles. The summed E-state index contributed by atoms with van der Waals surface area (Å²) in [5.74, 6) is -0.285. The molecule has 4 rings (SSSR count). The van der Waals surface area contributed by atoms with Crippen LogP contribution < -0.4 is 10.9 Å². The number of carbonyl (C=O) groups is 1. The zero-order valence-corrected chi connectivity index (χ0v) is 17.4. The Morgan fingerprint density at radius 1 is 0.967 bits per heavy atom. The Hall–Kier alpha value is -3.09. The molecule has 8 heteroatoms. The van der Waals surface area contributed by atoms with Crippen LogP contribution in [-0.2, 0) is 17.9 Å². The Kier molecular flexibility index (Phi) is 5.88. The number of aromatic nitrogens is 3. The van der Waals surface area contributed by atoms with E-state index in [-0.39, 0.29) is 18.0 Å². The molecule has 4 aromatic rings. The number of hydrogen-bond acceptors (Lipinski definition) is 3. The van der Waals surface area contributed by atoms with Crippen molar-refractivity contribution in [2.24, 2.45) is 0 Å². The van der Waals surface area contributed by atoms with Crippen molar-refractivity contribution in [2.75, 3.05) is 6.54 Å². The minimum atomic E-state index is -0.339. The zero-order valence-electron chi connectivity index (χ0n) is 15.9. The maximum absolute atomic E-state index is 12.3. The average Bonchev–Trinajstić information content (AvgIpc) is 3.12. The Labute approximate surface area is 182 Å². The van der Waals surface area contributed by atoms with Gasteiger partial charge in [-0.2, -0.15) is 5.10 Å².